The van der Waals surface area contributed by atoms with E-state index in [1.54, 1.807) is 12.3 Å². The first-order valence-corrected chi connectivity index (χ1v) is 6.48. The van der Waals surface area contributed by atoms with Crippen LogP contribution in [0, 0.1) is 5.82 Å². The average Bonchev–Trinajstić information content (AvgIpc) is 2.50. The lowest BCUT2D eigenvalue weighted by atomic mass is 10.2. The molecule has 0 unspecified atom stereocenters. The number of rotatable bonds is 5. The van der Waals surface area contributed by atoms with E-state index < -0.39 is 5.82 Å². The number of hydrogen-bond acceptors (Lipinski definition) is 4. The number of anilines is 2. The van der Waals surface area contributed by atoms with Crippen LogP contribution in [0.15, 0.2) is 36.7 Å². The normalized spacial score (nSPS) is 10.0. The van der Waals surface area contributed by atoms with Crippen molar-refractivity contribution in [2.24, 2.45) is 0 Å². The molecule has 5 nitrogen and oxygen atoms in total. The van der Waals surface area contributed by atoms with Gasteiger partial charge in [-0.1, -0.05) is 0 Å². The smallest absolute Gasteiger partial charge is 0.259 e. The summed E-state index contributed by atoms with van der Waals surface area (Å²) in [6.45, 7) is 2.63. The third-order valence-electron chi connectivity index (χ3n) is 2.84. The van der Waals surface area contributed by atoms with Gasteiger partial charge in [0, 0.05) is 30.7 Å². The van der Waals surface area contributed by atoms with Crippen LogP contribution in [0.4, 0.5) is 15.8 Å². The lowest BCUT2D eigenvalue weighted by molar-refractivity contribution is 0.102. The summed E-state index contributed by atoms with van der Waals surface area (Å²) in [4.78, 5) is 16.2. The van der Waals surface area contributed by atoms with E-state index >= 15 is 0 Å². The molecule has 1 amide bonds. The zero-order valence-electron chi connectivity index (χ0n) is 11.8. The van der Waals surface area contributed by atoms with Crippen molar-refractivity contribution in [3.05, 3.63) is 48.0 Å². The SMILES string of the molecule is CCNc1ccncc1C(=O)Nc1ccc(F)c(OC)c1. The van der Waals surface area contributed by atoms with Crippen molar-refractivity contribution < 1.29 is 13.9 Å². The molecule has 0 radical (unpaired) electrons. The van der Waals surface area contributed by atoms with Gasteiger partial charge in [0.1, 0.15) is 0 Å². The Balaban J connectivity index is 2.22. The highest BCUT2D eigenvalue weighted by Crippen LogP contribution is 2.22. The van der Waals surface area contributed by atoms with Gasteiger partial charge in [-0.3, -0.25) is 9.78 Å². The summed E-state index contributed by atoms with van der Waals surface area (Å²) in [6, 6.07) is 5.86. The van der Waals surface area contributed by atoms with Gasteiger partial charge in [-0.15, -0.1) is 0 Å². The number of carbonyl (C=O) groups is 1. The molecule has 1 heterocycles. The van der Waals surface area contributed by atoms with Crippen LogP contribution >= 0.6 is 0 Å². The van der Waals surface area contributed by atoms with Crippen LogP contribution < -0.4 is 15.4 Å². The molecule has 0 spiro atoms. The van der Waals surface area contributed by atoms with E-state index in [-0.39, 0.29) is 11.7 Å². The third kappa shape index (κ3) is 3.47. The van der Waals surface area contributed by atoms with Crippen LogP contribution in [0.3, 0.4) is 0 Å². The number of hydrogen-bond donors (Lipinski definition) is 2. The van der Waals surface area contributed by atoms with E-state index in [2.05, 4.69) is 15.6 Å². The Morgan fingerprint density at radius 3 is 2.90 bits per heavy atom. The van der Waals surface area contributed by atoms with Crippen LogP contribution in [0.25, 0.3) is 0 Å². The van der Waals surface area contributed by atoms with E-state index in [9.17, 15) is 9.18 Å². The van der Waals surface area contributed by atoms with Crippen molar-refractivity contribution in [2.75, 3.05) is 24.3 Å². The molecule has 2 N–H and O–H groups in total. The summed E-state index contributed by atoms with van der Waals surface area (Å²) < 4.78 is 18.2. The molecule has 0 saturated carbocycles. The van der Waals surface area contributed by atoms with E-state index in [0.29, 0.717) is 23.5 Å². The zero-order chi connectivity index (χ0) is 15.2. The Labute approximate surface area is 122 Å². The lowest BCUT2D eigenvalue weighted by Crippen LogP contribution is -2.15. The average molecular weight is 289 g/mol. The van der Waals surface area contributed by atoms with Crippen molar-refractivity contribution in [2.45, 2.75) is 6.92 Å². The fraction of sp³-hybridized carbons (Fsp3) is 0.200. The summed E-state index contributed by atoms with van der Waals surface area (Å²) in [5, 5.41) is 5.78. The van der Waals surface area contributed by atoms with Crippen LogP contribution in [0.1, 0.15) is 17.3 Å². The van der Waals surface area contributed by atoms with E-state index in [1.807, 2.05) is 6.92 Å². The number of pyridine rings is 1. The number of carbonyl (C=O) groups excluding carboxylic acids is 1. The van der Waals surface area contributed by atoms with Crippen molar-refractivity contribution >= 4 is 17.3 Å². The fourth-order valence-corrected chi connectivity index (χ4v) is 1.86. The highest BCUT2D eigenvalue weighted by atomic mass is 19.1. The second-order valence-corrected chi connectivity index (χ2v) is 4.26. The Bertz CT molecular complexity index is 647. The highest BCUT2D eigenvalue weighted by Gasteiger charge is 2.12. The van der Waals surface area contributed by atoms with Gasteiger partial charge in [0.05, 0.1) is 18.4 Å². The lowest BCUT2D eigenvalue weighted by Gasteiger charge is -2.11. The molecule has 110 valence electrons. The van der Waals surface area contributed by atoms with Gasteiger partial charge >= 0.3 is 0 Å². The molecule has 0 bridgehead atoms. The van der Waals surface area contributed by atoms with Gasteiger partial charge in [-0.2, -0.15) is 0 Å². The molecule has 2 rings (SSSR count). The van der Waals surface area contributed by atoms with Gasteiger partial charge in [-0.05, 0) is 25.1 Å². The predicted molar refractivity (Wildman–Crippen MR) is 79.3 cm³/mol. The van der Waals surface area contributed by atoms with E-state index in [1.165, 1.54) is 31.5 Å². The van der Waals surface area contributed by atoms with Gasteiger partial charge in [0.25, 0.3) is 5.91 Å². The standard InChI is InChI=1S/C15H16FN3O2/c1-3-18-13-6-7-17-9-11(13)15(20)19-10-4-5-12(16)14(8-10)21-2/h4-9H,3H2,1-2H3,(H,17,18)(H,19,20). The molecular weight excluding hydrogens is 273 g/mol. The number of nitrogens with one attached hydrogen (secondary N) is 2. The fourth-order valence-electron chi connectivity index (χ4n) is 1.86. The maximum atomic E-state index is 13.3. The van der Waals surface area contributed by atoms with Gasteiger partial charge < -0.3 is 15.4 Å². The highest BCUT2D eigenvalue weighted by molar-refractivity contribution is 6.07. The Morgan fingerprint density at radius 1 is 1.38 bits per heavy atom. The maximum absolute atomic E-state index is 13.3. The largest absolute Gasteiger partial charge is 0.494 e. The second kappa shape index (κ2) is 6.69. The molecule has 1 aromatic carbocycles. The second-order valence-electron chi connectivity index (χ2n) is 4.26. The number of nitrogens with zero attached hydrogens (tertiary/aromatic N) is 1. The van der Waals surface area contributed by atoms with Gasteiger partial charge in [0.2, 0.25) is 0 Å². The minimum absolute atomic E-state index is 0.0749. The molecule has 6 heteroatoms. The number of halogens is 1. The zero-order valence-corrected chi connectivity index (χ0v) is 11.8. The number of amides is 1. The van der Waals surface area contributed by atoms with E-state index in [4.69, 9.17) is 4.74 Å². The molecule has 0 fully saturated rings. The van der Waals surface area contributed by atoms with Crippen LogP contribution in [0.2, 0.25) is 0 Å². The number of ether oxygens (including phenoxy) is 1. The summed E-state index contributed by atoms with van der Waals surface area (Å²) >= 11 is 0. The number of aromatic nitrogens is 1. The molecule has 2 aromatic rings. The molecular formula is C15H16FN3O2. The van der Waals surface area contributed by atoms with Crippen LogP contribution in [0.5, 0.6) is 5.75 Å². The molecule has 0 atom stereocenters. The molecule has 0 aliphatic rings. The summed E-state index contributed by atoms with van der Waals surface area (Å²) in [6.07, 6.45) is 3.09. The first-order chi connectivity index (χ1) is 10.2. The van der Waals surface area contributed by atoms with Crippen molar-refractivity contribution in [1.82, 2.24) is 4.98 Å². The molecule has 0 saturated heterocycles. The van der Waals surface area contributed by atoms with Crippen LogP contribution in [-0.2, 0) is 0 Å². The number of benzene rings is 1. The topological polar surface area (TPSA) is 63.2 Å². The molecule has 0 aliphatic carbocycles. The van der Waals surface area contributed by atoms with Gasteiger partial charge in [-0.25, -0.2) is 4.39 Å². The summed E-state index contributed by atoms with van der Waals surface area (Å²) in [5.41, 5.74) is 1.56. The Hall–Kier alpha value is -2.63. The first-order valence-electron chi connectivity index (χ1n) is 6.48. The van der Waals surface area contributed by atoms with Crippen molar-refractivity contribution in [1.29, 1.82) is 0 Å². The Kier molecular flexibility index (Phi) is 4.71. The molecule has 1 aromatic heterocycles. The number of methoxy groups -OCH3 is 1. The minimum atomic E-state index is -0.481. The predicted octanol–water partition coefficient (Wildman–Crippen LogP) is 2.91. The van der Waals surface area contributed by atoms with Crippen molar-refractivity contribution in [3.8, 4) is 5.75 Å². The minimum Gasteiger partial charge on any atom is -0.494 e. The van der Waals surface area contributed by atoms with Crippen molar-refractivity contribution in [3.63, 3.8) is 0 Å². The first kappa shape index (κ1) is 14.8. The molecule has 0 aliphatic heterocycles. The molecule has 21 heavy (non-hydrogen) atoms. The quantitative estimate of drug-likeness (QED) is 0.888. The maximum Gasteiger partial charge on any atom is 0.259 e. The Morgan fingerprint density at radius 2 is 2.19 bits per heavy atom. The van der Waals surface area contributed by atoms with E-state index in [0.717, 1.165) is 0 Å². The summed E-state index contributed by atoms with van der Waals surface area (Å²) in [5.74, 6) is -0.733. The van der Waals surface area contributed by atoms with Crippen LogP contribution in [-0.4, -0.2) is 24.5 Å². The monoisotopic (exact) mass is 289 g/mol. The third-order valence-corrected chi connectivity index (χ3v) is 2.84. The summed E-state index contributed by atoms with van der Waals surface area (Å²) in [7, 11) is 1.37. The van der Waals surface area contributed by atoms with Gasteiger partial charge in [0.15, 0.2) is 11.6 Å².